The summed E-state index contributed by atoms with van der Waals surface area (Å²) >= 11 is 0. The lowest BCUT2D eigenvalue weighted by atomic mass is 9.82. The maximum Gasteiger partial charge on any atom is 0.258 e. The summed E-state index contributed by atoms with van der Waals surface area (Å²) in [5.74, 6) is 1.11. The number of rotatable bonds is 7. The molecule has 0 radical (unpaired) electrons. The van der Waals surface area contributed by atoms with E-state index in [1.807, 2.05) is 12.1 Å². The molecule has 3 heterocycles. The van der Waals surface area contributed by atoms with Gasteiger partial charge in [-0.05, 0) is 60.7 Å². The van der Waals surface area contributed by atoms with Crippen molar-refractivity contribution in [3.8, 4) is 22.8 Å². The van der Waals surface area contributed by atoms with Gasteiger partial charge < -0.3 is 14.8 Å². The van der Waals surface area contributed by atoms with Crippen LogP contribution in [0, 0.1) is 5.92 Å². The molecule has 1 aliphatic heterocycles. The van der Waals surface area contributed by atoms with E-state index in [9.17, 15) is 13.2 Å². The second-order valence-electron chi connectivity index (χ2n) is 10.3. The average molecular weight is 515 g/mol. The van der Waals surface area contributed by atoms with Crippen LogP contribution in [0.25, 0.3) is 22.0 Å². The Labute approximate surface area is 211 Å². The van der Waals surface area contributed by atoms with Gasteiger partial charge in [0.05, 0.1) is 32.0 Å². The van der Waals surface area contributed by atoms with Crippen molar-refractivity contribution in [1.29, 1.82) is 0 Å². The summed E-state index contributed by atoms with van der Waals surface area (Å²) in [7, 11) is -0.357. The third-order valence-electron chi connectivity index (χ3n) is 6.62. The average Bonchev–Trinajstić information content (AvgIpc) is 3.34. The summed E-state index contributed by atoms with van der Waals surface area (Å²) in [4.78, 5) is 20.5. The van der Waals surface area contributed by atoms with Crippen molar-refractivity contribution in [2.75, 3.05) is 33.6 Å². The molecule has 1 fully saturated rings. The molecule has 1 aliphatic rings. The fraction of sp³-hybridized carbons (Fsp3) is 0.462. The Kier molecular flexibility index (Phi) is 7.14. The molecular formula is C26H34N4O5S. The second-order valence-corrected chi connectivity index (χ2v) is 12.1. The molecule has 1 unspecified atom stereocenters. The van der Waals surface area contributed by atoms with E-state index in [2.05, 4.69) is 35.8 Å². The van der Waals surface area contributed by atoms with E-state index in [0.29, 0.717) is 34.8 Å². The molecule has 9 nitrogen and oxygen atoms in total. The molecule has 0 saturated carbocycles. The molecule has 2 atom stereocenters. The van der Waals surface area contributed by atoms with Crippen LogP contribution in [0.3, 0.4) is 0 Å². The van der Waals surface area contributed by atoms with Crippen LogP contribution in [-0.4, -0.2) is 52.0 Å². The van der Waals surface area contributed by atoms with Crippen LogP contribution in [-0.2, 0) is 15.4 Å². The molecule has 4 rings (SSSR count). The van der Waals surface area contributed by atoms with Gasteiger partial charge in [-0.3, -0.25) is 14.8 Å². The third kappa shape index (κ3) is 5.25. The normalized spacial score (nSPS) is 17.3. The lowest BCUT2D eigenvalue weighted by molar-refractivity contribution is 0.396. The van der Waals surface area contributed by atoms with Crippen LogP contribution in [0.4, 0.5) is 0 Å². The highest BCUT2D eigenvalue weighted by atomic mass is 32.2. The molecule has 36 heavy (non-hydrogen) atoms. The van der Waals surface area contributed by atoms with Crippen molar-refractivity contribution in [3.05, 3.63) is 51.9 Å². The van der Waals surface area contributed by atoms with Crippen LogP contribution < -0.4 is 25.1 Å². The maximum atomic E-state index is 13.0. The van der Waals surface area contributed by atoms with Crippen molar-refractivity contribution in [1.82, 2.24) is 20.0 Å². The Morgan fingerprint density at radius 1 is 1.14 bits per heavy atom. The molecule has 3 N–H and O–H groups in total. The lowest BCUT2D eigenvalue weighted by Gasteiger charge is -2.27. The minimum Gasteiger partial charge on any atom is -0.496 e. The van der Waals surface area contributed by atoms with Gasteiger partial charge in [0.15, 0.2) is 5.88 Å². The lowest BCUT2D eigenvalue weighted by Crippen LogP contribution is -2.33. The molecule has 1 saturated heterocycles. The van der Waals surface area contributed by atoms with E-state index in [0.717, 1.165) is 29.5 Å². The van der Waals surface area contributed by atoms with Crippen molar-refractivity contribution >= 4 is 20.9 Å². The zero-order valence-corrected chi connectivity index (χ0v) is 22.4. The van der Waals surface area contributed by atoms with Gasteiger partial charge in [-0.1, -0.05) is 20.8 Å². The summed E-state index contributed by atoms with van der Waals surface area (Å²) in [6.45, 7) is 7.77. The zero-order valence-electron chi connectivity index (χ0n) is 21.6. The number of ether oxygens (including phenoxy) is 2. The SMILES string of the molecule is COc1ccc(-c2cc(C(C)(C)C)c(OC)c3cc([C@@H](NS(C)(=O)=O)C4CCNC4)cnc23)c(=O)[nH]1. The number of H-pyrrole nitrogens is 1. The number of fused-ring (bicyclic) bond motifs is 1. The first-order valence-electron chi connectivity index (χ1n) is 11.9. The monoisotopic (exact) mass is 514 g/mol. The summed E-state index contributed by atoms with van der Waals surface area (Å²) in [5, 5.41) is 4.04. The van der Waals surface area contributed by atoms with Crippen LogP contribution in [0.1, 0.15) is 44.4 Å². The summed E-state index contributed by atoms with van der Waals surface area (Å²) in [6.07, 6.45) is 3.71. The standard InChI is InChI=1S/C26H34N4O5S/c1-26(2,3)20-12-18(17-7-8-21(34-4)29-25(17)31)23-19(24(20)35-5)11-16(14-28-23)22(30-36(6,32)33)15-9-10-27-13-15/h7-8,11-12,14-15,22,27,30H,9-10,13H2,1-6H3,(H,29,31)/t15?,22-/m0/s1. The minimum atomic E-state index is -3.47. The van der Waals surface area contributed by atoms with Crippen LogP contribution >= 0.6 is 0 Å². The van der Waals surface area contributed by atoms with Gasteiger partial charge in [0, 0.05) is 28.3 Å². The van der Waals surface area contributed by atoms with Gasteiger partial charge in [0.25, 0.3) is 5.56 Å². The van der Waals surface area contributed by atoms with Crippen molar-refractivity contribution in [2.24, 2.45) is 5.92 Å². The van der Waals surface area contributed by atoms with E-state index in [1.165, 1.54) is 13.4 Å². The van der Waals surface area contributed by atoms with Crippen molar-refractivity contribution in [3.63, 3.8) is 0 Å². The van der Waals surface area contributed by atoms with Crippen molar-refractivity contribution < 1.29 is 17.9 Å². The van der Waals surface area contributed by atoms with Gasteiger partial charge in [-0.25, -0.2) is 13.1 Å². The number of methoxy groups -OCH3 is 2. The summed E-state index contributed by atoms with van der Waals surface area (Å²) < 4.78 is 38.4. The Hall–Kier alpha value is -2.95. The summed E-state index contributed by atoms with van der Waals surface area (Å²) in [6, 6.07) is 6.88. The highest BCUT2D eigenvalue weighted by Crippen LogP contribution is 2.42. The van der Waals surface area contributed by atoms with Gasteiger partial charge >= 0.3 is 0 Å². The fourth-order valence-corrected chi connectivity index (χ4v) is 5.65. The molecule has 1 aromatic carbocycles. The molecule has 0 bridgehead atoms. The molecule has 0 aliphatic carbocycles. The predicted molar refractivity (Wildman–Crippen MR) is 141 cm³/mol. The van der Waals surface area contributed by atoms with E-state index >= 15 is 0 Å². The van der Waals surface area contributed by atoms with E-state index in [-0.39, 0.29) is 16.9 Å². The molecule has 10 heteroatoms. The van der Waals surface area contributed by atoms with Crippen LogP contribution in [0.15, 0.2) is 35.3 Å². The molecule has 0 amide bonds. The highest BCUT2D eigenvalue weighted by molar-refractivity contribution is 7.88. The number of nitrogens with one attached hydrogen (secondary N) is 3. The number of aromatic nitrogens is 2. The number of nitrogens with zero attached hydrogens (tertiary/aromatic N) is 1. The fourth-order valence-electron chi connectivity index (χ4n) is 4.86. The molecule has 0 spiro atoms. The first-order chi connectivity index (χ1) is 16.9. The Balaban J connectivity index is 2.01. The van der Waals surface area contributed by atoms with Crippen LogP contribution in [0.5, 0.6) is 11.6 Å². The van der Waals surface area contributed by atoms with Gasteiger partial charge in [0.2, 0.25) is 10.0 Å². The number of hydrogen-bond acceptors (Lipinski definition) is 7. The van der Waals surface area contributed by atoms with E-state index in [4.69, 9.17) is 14.5 Å². The van der Waals surface area contributed by atoms with Crippen molar-refractivity contribution in [2.45, 2.75) is 38.6 Å². The first-order valence-corrected chi connectivity index (χ1v) is 13.8. The van der Waals surface area contributed by atoms with E-state index in [1.54, 1.807) is 25.4 Å². The Bertz CT molecular complexity index is 1440. The number of benzene rings is 1. The number of hydrogen-bond donors (Lipinski definition) is 3. The molecular weight excluding hydrogens is 480 g/mol. The third-order valence-corrected chi connectivity index (χ3v) is 7.30. The van der Waals surface area contributed by atoms with Gasteiger partial charge in [-0.2, -0.15) is 0 Å². The van der Waals surface area contributed by atoms with E-state index < -0.39 is 16.1 Å². The number of pyridine rings is 2. The largest absolute Gasteiger partial charge is 0.496 e. The van der Waals surface area contributed by atoms with Crippen LogP contribution in [0.2, 0.25) is 0 Å². The Morgan fingerprint density at radius 2 is 1.89 bits per heavy atom. The first kappa shape index (κ1) is 26.1. The van der Waals surface area contributed by atoms with Gasteiger partial charge in [-0.15, -0.1) is 0 Å². The zero-order chi connectivity index (χ0) is 26.3. The molecule has 3 aromatic rings. The predicted octanol–water partition coefficient (Wildman–Crippen LogP) is 3.10. The number of sulfonamides is 1. The second kappa shape index (κ2) is 9.84. The minimum absolute atomic E-state index is 0.0830. The quantitative estimate of drug-likeness (QED) is 0.443. The smallest absolute Gasteiger partial charge is 0.258 e. The number of aromatic amines is 1. The van der Waals surface area contributed by atoms with Gasteiger partial charge in [0.1, 0.15) is 5.75 Å². The summed E-state index contributed by atoms with van der Waals surface area (Å²) in [5.41, 5.74) is 2.80. The molecule has 2 aromatic heterocycles. The Morgan fingerprint density at radius 3 is 2.44 bits per heavy atom. The molecule has 194 valence electrons. The maximum absolute atomic E-state index is 13.0. The highest BCUT2D eigenvalue weighted by Gasteiger charge is 2.31. The topological polar surface area (TPSA) is 122 Å².